The lowest BCUT2D eigenvalue weighted by Crippen LogP contribution is -2.05. The lowest BCUT2D eigenvalue weighted by Gasteiger charge is -2.11. The van der Waals surface area contributed by atoms with Gasteiger partial charge in [-0.05, 0) is 53.5 Å². The first-order valence-corrected chi connectivity index (χ1v) is 7.52. The van der Waals surface area contributed by atoms with Crippen LogP contribution in [-0.2, 0) is 6.54 Å². The molecule has 0 bridgehead atoms. The summed E-state index contributed by atoms with van der Waals surface area (Å²) in [4.78, 5) is 4.07. The summed E-state index contributed by atoms with van der Waals surface area (Å²) in [5.41, 5.74) is 2.09. The molecule has 0 saturated carbocycles. The lowest BCUT2D eigenvalue weighted by atomic mass is 10.2. The van der Waals surface area contributed by atoms with Gasteiger partial charge >= 0.3 is 0 Å². The summed E-state index contributed by atoms with van der Waals surface area (Å²) < 4.78 is 6.39. The number of hydrogen-bond donors (Lipinski definition) is 1. The molecule has 0 aliphatic heterocycles. The average molecular weight is 356 g/mol. The van der Waals surface area contributed by atoms with E-state index in [1.54, 1.807) is 6.20 Å². The highest BCUT2D eigenvalue weighted by atomic mass is 79.9. The van der Waals surface area contributed by atoms with E-state index in [9.17, 15) is 0 Å². The molecule has 0 spiro atoms. The Labute approximate surface area is 132 Å². The Bertz CT molecular complexity index is 573. The Morgan fingerprint density at radius 1 is 1.30 bits per heavy atom. The number of pyridine rings is 1. The van der Waals surface area contributed by atoms with Crippen LogP contribution in [0, 0.1) is 0 Å². The molecule has 0 radical (unpaired) electrons. The minimum absolute atomic E-state index is 0.191. The molecule has 20 heavy (non-hydrogen) atoms. The zero-order chi connectivity index (χ0) is 14.5. The highest BCUT2D eigenvalue weighted by Crippen LogP contribution is 2.23. The van der Waals surface area contributed by atoms with Gasteiger partial charge in [0.25, 0.3) is 0 Å². The molecule has 1 heterocycles. The molecule has 1 aromatic carbocycles. The fourth-order valence-electron chi connectivity index (χ4n) is 1.68. The van der Waals surface area contributed by atoms with E-state index in [-0.39, 0.29) is 6.10 Å². The molecule has 1 aromatic heterocycles. The van der Waals surface area contributed by atoms with Gasteiger partial charge in [0.15, 0.2) is 0 Å². The highest BCUT2D eigenvalue weighted by molar-refractivity contribution is 9.10. The van der Waals surface area contributed by atoms with Crippen molar-refractivity contribution in [3.05, 3.63) is 51.7 Å². The van der Waals surface area contributed by atoms with Crippen molar-refractivity contribution in [1.82, 2.24) is 4.98 Å². The van der Waals surface area contributed by atoms with E-state index >= 15 is 0 Å². The van der Waals surface area contributed by atoms with Crippen molar-refractivity contribution in [1.29, 1.82) is 0 Å². The number of ether oxygens (including phenoxy) is 1. The van der Waals surface area contributed by atoms with Crippen LogP contribution in [0.3, 0.4) is 0 Å². The standard InChI is InChI=1S/C15H16BrClN2O/c1-10(2)20-13-5-3-11(4-6-13)8-18-12-7-14(16)15(17)19-9-12/h3-7,9-10,18H,8H2,1-2H3. The molecule has 3 nitrogen and oxygen atoms in total. The molecule has 106 valence electrons. The predicted octanol–water partition coefficient (Wildman–Crippen LogP) is 4.90. The van der Waals surface area contributed by atoms with Crippen LogP contribution in [0.15, 0.2) is 41.0 Å². The van der Waals surface area contributed by atoms with Crippen LogP contribution in [0.5, 0.6) is 5.75 Å². The third-order valence-electron chi connectivity index (χ3n) is 2.59. The molecule has 0 fully saturated rings. The van der Waals surface area contributed by atoms with Gasteiger partial charge in [0.1, 0.15) is 10.9 Å². The van der Waals surface area contributed by atoms with E-state index in [0.717, 1.165) is 22.5 Å². The summed E-state index contributed by atoms with van der Waals surface area (Å²) in [5, 5.41) is 3.76. The molecule has 0 saturated heterocycles. The van der Waals surface area contributed by atoms with Gasteiger partial charge in [0.05, 0.1) is 22.5 Å². The number of hydrogen-bond acceptors (Lipinski definition) is 3. The zero-order valence-electron chi connectivity index (χ0n) is 11.4. The van der Waals surface area contributed by atoms with Gasteiger partial charge in [-0.3, -0.25) is 0 Å². The number of benzene rings is 1. The van der Waals surface area contributed by atoms with Gasteiger partial charge in [-0.2, -0.15) is 0 Å². The first-order valence-electron chi connectivity index (χ1n) is 6.35. The van der Waals surface area contributed by atoms with Crippen LogP contribution >= 0.6 is 27.5 Å². The van der Waals surface area contributed by atoms with Crippen molar-refractivity contribution in [2.75, 3.05) is 5.32 Å². The van der Waals surface area contributed by atoms with Gasteiger partial charge in [0.2, 0.25) is 0 Å². The number of halogens is 2. The summed E-state index contributed by atoms with van der Waals surface area (Å²) in [5.74, 6) is 0.889. The Kier molecular flexibility index (Phi) is 5.26. The summed E-state index contributed by atoms with van der Waals surface area (Å²) in [6, 6.07) is 9.96. The van der Waals surface area contributed by atoms with Crippen LogP contribution in [0.25, 0.3) is 0 Å². The lowest BCUT2D eigenvalue weighted by molar-refractivity contribution is 0.242. The summed E-state index contributed by atoms with van der Waals surface area (Å²) >= 11 is 9.21. The van der Waals surface area contributed by atoms with Crippen molar-refractivity contribution < 1.29 is 4.74 Å². The van der Waals surface area contributed by atoms with Crippen LogP contribution in [0.4, 0.5) is 5.69 Å². The summed E-state index contributed by atoms with van der Waals surface area (Å²) in [6.07, 6.45) is 1.90. The van der Waals surface area contributed by atoms with E-state index in [0.29, 0.717) is 5.15 Å². The Morgan fingerprint density at radius 3 is 2.60 bits per heavy atom. The third-order valence-corrected chi connectivity index (χ3v) is 3.72. The second-order valence-corrected chi connectivity index (χ2v) is 5.87. The number of aromatic nitrogens is 1. The molecule has 2 aromatic rings. The van der Waals surface area contributed by atoms with Gasteiger partial charge in [0, 0.05) is 6.54 Å². The zero-order valence-corrected chi connectivity index (χ0v) is 13.7. The first-order chi connectivity index (χ1) is 9.54. The molecule has 0 unspecified atom stereocenters. The van der Waals surface area contributed by atoms with E-state index in [4.69, 9.17) is 16.3 Å². The Morgan fingerprint density at radius 2 is 2.00 bits per heavy atom. The maximum Gasteiger partial charge on any atom is 0.143 e. The third kappa shape index (κ3) is 4.39. The molecule has 1 N–H and O–H groups in total. The second-order valence-electron chi connectivity index (χ2n) is 4.66. The SMILES string of the molecule is CC(C)Oc1ccc(CNc2cnc(Cl)c(Br)c2)cc1. The predicted molar refractivity (Wildman–Crippen MR) is 86.5 cm³/mol. The maximum absolute atomic E-state index is 5.86. The molecule has 0 aliphatic rings. The first kappa shape index (κ1) is 15.1. The number of rotatable bonds is 5. The largest absolute Gasteiger partial charge is 0.491 e. The van der Waals surface area contributed by atoms with Crippen molar-refractivity contribution in [3.63, 3.8) is 0 Å². The maximum atomic E-state index is 5.86. The van der Waals surface area contributed by atoms with E-state index in [2.05, 4.69) is 26.2 Å². The second kappa shape index (κ2) is 6.95. The molecule has 0 amide bonds. The van der Waals surface area contributed by atoms with Crippen molar-refractivity contribution in [3.8, 4) is 5.75 Å². The molecule has 5 heteroatoms. The Hall–Kier alpha value is -1.26. The number of anilines is 1. The fourth-order valence-corrected chi connectivity index (χ4v) is 2.13. The van der Waals surface area contributed by atoms with Crippen LogP contribution in [0.2, 0.25) is 5.15 Å². The average Bonchev–Trinajstić information content (AvgIpc) is 2.41. The summed E-state index contributed by atoms with van der Waals surface area (Å²) in [6.45, 7) is 4.75. The van der Waals surface area contributed by atoms with Gasteiger partial charge < -0.3 is 10.1 Å². The monoisotopic (exact) mass is 354 g/mol. The number of nitrogens with zero attached hydrogens (tertiary/aromatic N) is 1. The minimum atomic E-state index is 0.191. The quantitative estimate of drug-likeness (QED) is 0.775. The van der Waals surface area contributed by atoms with Gasteiger partial charge in [-0.25, -0.2) is 4.98 Å². The number of nitrogens with one attached hydrogen (secondary N) is 1. The van der Waals surface area contributed by atoms with E-state index < -0.39 is 0 Å². The van der Waals surface area contributed by atoms with E-state index in [1.807, 2.05) is 44.2 Å². The van der Waals surface area contributed by atoms with Crippen molar-refractivity contribution >= 4 is 33.2 Å². The molecule has 0 aliphatic carbocycles. The topological polar surface area (TPSA) is 34.1 Å². The van der Waals surface area contributed by atoms with Crippen LogP contribution in [-0.4, -0.2) is 11.1 Å². The molecule has 0 atom stereocenters. The minimum Gasteiger partial charge on any atom is -0.491 e. The van der Waals surface area contributed by atoms with Crippen LogP contribution in [0.1, 0.15) is 19.4 Å². The van der Waals surface area contributed by atoms with Gasteiger partial charge in [-0.1, -0.05) is 23.7 Å². The van der Waals surface area contributed by atoms with Crippen LogP contribution < -0.4 is 10.1 Å². The summed E-state index contributed by atoms with van der Waals surface area (Å²) in [7, 11) is 0. The van der Waals surface area contributed by atoms with Crippen molar-refractivity contribution in [2.24, 2.45) is 0 Å². The fraction of sp³-hybridized carbons (Fsp3) is 0.267. The molecule has 2 rings (SSSR count). The van der Waals surface area contributed by atoms with Gasteiger partial charge in [-0.15, -0.1) is 0 Å². The highest BCUT2D eigenvalue weighted by Gasteiger charge is 2.01. The molecular formula is C15H16BrClN2O. The van der Waals surface area contributed by atoms with E-state index in [1.165, 1.54) is 5.56 Å². The smallest absolute Gasteiger partial charge is 0.143 e. The molecular weight excluding hydrogens is 340 g/mol. The Balaban J connectivity index is 1.95. The normalized spacial score (nSPS) is 10.7. The van der Waals surface area contributed by atoms with Crippen molar-refractivity contribution in [2.45, 2.75) is 26.5 Å².